The van der Waals surface area contributed by atoms with E-state index < -0.39 is 5.97 Å². The summed E-state index contributed by atoms with van der Waals surface area (Å²) in [5.41, 5.74) is 6.53. The van der Waals surface area contributed by atoms with Crippen LogP contribution >= 0.6 is 58.0 Å². The minimum Gasteiger partial charge on any atom is -0.478 e. The van der Waals surface area contributed by atoms with Crippen LogP contribution in [0.15, 0.2) is 76.6 Å². The third-order valence-electron chi connectivity index (χ3n) is 7.09. The highest BCUT2D eigenvalue weighted by Gasteiger charge is 2.12. The maximum Gasteiger partial charge on any atom is 0.337 e. The molecule has 0 fully saturated rings. The predicted molar refractivity (Wildman–Crippen MR) is 212 cm³/mol. The highest BCUT2D eigenvalue weighted by molar-refractivity contribution is 6.42. The van der Waals surface area contributed by atoms with Crippen LogP contribution in [0, 0.1) is 0 Å². The summed E-state index contributed by atoms with van der Waals surface area (Å²) < 4.78 is 2.69. The van der Waals surface area contributed by atoms with Gasteiger partial charge in [0.15, 0.2) is 0 Å². The van der Waals surface area contributed by atoms with Crippen LogP contribution in [0.4, 0.5) is 0 Å². The molecule has 1 amide bonds. The number of nitrogens with two attached hydrogens (primary N) is 1. The zero-order valence-corrected chi connectivity index (χ0v) is 33.1. The van der Waals surface area contributed by atoms with Crippen LogP contribution in [-0.4, -0.2) is 90.3 Å². The number of nitrogens with zero attached hydrogens (tertiary/aromatic N) is 4. The molecule has 0 atom stereocenters. The van der Waals surface area contributed by atoms with Crippen molar-refractivity contribution in [2.75, 3.05) is 54.4 Å². The maximum atomic E-state index is 12.3. The summed E-state index contributed by atoms with van der Waals surface area (Å²) in [6.07, 6.45) is 4.73. The molecule has 0 radical (unpaired) electrons. The van der Waals surface area contributed by atoms with Gasteiger partial charge in [0.2, 0.25) is 0 Å². The Bertz CT molecular complexity index is 1920. The molecular formula is C36H43Cl5N6O5. The lowest BCUT2D eigenvalue weighted by Crippen LogP contribution is -2.29. The molecule has 0 aliphatic rings. The third kappa shape index (κ3) is 15.7. The number of benzene rings is 2. The Hall–Kier alpha value is -3.39. The fourth-order valence-corrected chi connectivity index (χ4v) is 5.27. The van der Waals surface area contributed by atoms with Gasteiger partial charge in [-0.15, -0.1) is 0 Å². The van der Waals surface area contributed by atoms with Crippen molar-refractivity contribution in [1.82, 2.24) is 24.3 Å². The molecule has 0 saturated heterocycles. The molecule has 16 heteroatoms. The second-order valence-electron chi connectivity index (χ2n) is 12.1. The number of pyridine rings is 2. The summed E-state index contributed by atoms with van der Waals surface area (Å²) in [6.45, 7) is 3.79. The molecule has 2 aromatic heterocycles. The monoisotopic (exact) mass is 814 g/mol. The molecular weight excluding hydrogens is 774 g/mol. The zero-order chi connectivity index (χ0) is 39.0. The van der Waals surface area contributed by atoms with Crippen molar-refractivity contribution in [1.29, 1.82) is 0 Å². The van der Waals surface area contributed by atoms with Gasteiger partial charge in [-0.05, 0) is 108 Å². The van der Waals surface area contributed by atoms with Gasteiger partial charge < -0.3 is 35.1 Å². The van der Waals surface area contributed by atoms with Crippen LogP contribution in [0.3, 0.4) is 0 Å². The molecule has 0 unspecified atom stereocenters. The lowest BCUT2D eigenvalue weighted by Gasteiger charge is -2.12. The van der Waals surface area contributed by atoms with Gasteiger partial charge in [0, 0.05) is 25.0 Å². The van der Waals surface area contributed by atoms with E-state index in [-0.39, 0.29) is 40.7 Å². The molecule has 2 heterocycles. The molecule has 0 saturated carbocycles. The molecule has 4 aromatic rings. The third-order valence-corrected chi connectivity index (χ3v) is 8.83. The first-order valence-electron chi connectivity index (χ1n) is 16.0. The van der Waals surface area contributed by atoms with Crippen LogP contribution in [0.2, 0.25) is 25.1 Å². The van der Waals surface area contributed by atoms with E-state index in [9.17, 15) is 19.2 Å². The fraction of sp³-hybridized carbons (Fsp3) is 0.333. The Labute approximate surface area is 328 Å². The quantitative estimate of drug-likeness (QED) is 0.133. The highest BCUT2D eigenvalue weighted by Crippen LogP contribution is 2.24. The second kappa shape index (κ2) is 22.6. The minimum atomic E-state index is -1.08. The van der Waals surface area contributed by atoms with Crippen LogP contribution in [0.25, 0.3) is 0 Å². The summed E-state index contributed by atoms with van der Waals surface area (Å²) in [5, 5.41) is 13.4. The number of carboxylic acids is 1. The van der Waals surface area contributed by atoms with Gasteiger partial charge in [-0.25, -0.2) is 4.79 Å². The Balaban J connectivity index is 0.000000314. The second-order valence-corrected chi connectivity index (χ2v) is 14.1. The number of hydrogen-bond acceptors (Lipinski definition) is 7. The first-order valence-corrected chi connectivity index (χ1v) is 17.9. The largest absolute Gasteiger partial charge is 0.478 e. The van der Waals surface area contributed by atoms with Crippen molar-refractivity contribution in [3.8, 4) is 0 Å². The van der Waals surface area contributed by atoms with Gasteiger partial charge in [0.05, 0.1) is 44.3 Å². The van der Waals surface area contributed by atoms with E-state index in [0.717, 1.165) is 43.6 Å². The van der Waals surface area contributed by atoms with Crippen LogP contribution in [0.5, 0.6) is 0 Å². The van der Waals surface area contributed by atoms with E-state index in [1.807, 2.05) is 19.0 Å². The van der Waals surface area contributed by atoms with Gasteiger partial charge in [0.25, 0.3) is 17.0 Å². The van der Waals surface area contributed by atoms with E-state index in [1.54, 1.807) is 36.4 Å². The maximum absolute atomic E-state index is 12.3. The topological polar surface area (TPSA) is 143 Å². The van der Waals surface area contributed by atoms with Crippen molar-refractivity contribution in [2.24, 2.45) is 5.73 Å². The molecule has 11 nitrogen and oxygen atoms in total. The van der Waals surface area contributed by atoms with Gasteiger partial charge in [0.1, 0.15) is 5.02 Å². The number of hydrogen-bond donors (Lipinski definition) is 3. The first kappa shape index (κ1) is 44.8. The van der Waals surface area contributed by atoms with E-state index in [2.05, 4.69) is 24.3 Å². The van der Waals surface area contributed by atoms with Crippen LogP contribution in [0.1, 0.15) is 44.7 Å². The SMILES string of the molecule is CN(C)CCCN.CN(C)CCCNC(=O)c1cc(Cl)c(=O)n(Cc2ccc(Cl)c(Cl)c2)c1.O=C(O)c1ccc(=O)n(Cc2ccc(Cl)c(Cl)c2)c1. The molecule has 2 aromatic carbocycles. The Kier molecular flexibility index (Phi) is 19.5. The lowest BCUT2D eigenvalue weighted by molar-refractivity contribution is 0.0695. The minimum absolute atomic E-state index is 0.00833. The van der Waals surface area contributed by atoms with Crippen molar-refractivity contribution in [2.45, 2.75) is 25.9 Å². The first-order chi connectivity index (χ1) is 24.5. The lowest BCUT2D eigenvalue weighted by atomic mass is 10.2. The number of halogens is 5. The molecule has 282 valence electrons. The molecule has 0 bridgehead atoms. The molecule has 4 N–H and O–H groups in total. The normalized spacial score (nSPS) is 10.7. The van der Waals surface area contributed by atoms with Crippen molar-refractivity contribution < 1.29 is 14.7 Å². The predicted octanol–water partition coefficient (Wildman–Crippen LogP) is 6.34. The zero-order valence-electron chi connectivity index (χ0n) is 29.3. The summed E-state index contributed by atoms with van der Waals surface area (Å²) >= 11 is 29.6. The molecule has 52 heavy (non-hydrogen) atoms. The summed E-state index contributed by atoms with van der Waals surface area (Å²) in [4.78, 5) is 51.3. The van der Waals surface area contributed by atoms with E-state index in [1.165, 1.54) is 39.7 Å². The van der Waals surface area contributed by atoms with Gasteiger partial charge in [-0.3, -0.25) is 14.4 Å². The van der Waals surface area contributed by atoms with Crippen molar-refractivity contribution >= 4 is 69.9 Å². The molecule has 0 aliphatic heterocycles. The Morgan fingerprint density at radius 1 is 0.692 bits per heavy atom. The van der Waals surface area contributed by atoms with E-state index >= 15 is 0 Å². The van der Waals surface area contributed by atoms with E-state index in [4.69, 9.17) is 68.8 Å². The van der Waals surface area contributed by atoms with Crippen LogP contribution < -0.4 is 22.2 Å². The van der Waals surface area contributed by atoms with Gasteiger partial charge in [-0.2, -0.15) is 0 Å². The highest BCUT2D eigenvalue weighted by atomic mass is 35.5. The molecule has 4 rings (SSSR count). The Morgan fingerprint density at radius 3 is 1.69 bits per heavy atom. The number of carboxylic acid groups (broad SMARTS) is 1. The van der Waals surface area contributed by atoms with Crippen LogP contribution in [-0.2, 0) is 13.1 Å². The van der Waals surface area contributed by atoms with Gasteiger partial charge in [-0.1, -0.05) is 70.1 Å². The average Bonchev–Trinajstić information content (AvgIpc) is 3.08. The average molecular weight is 817 g/mol. The molecule has 0 aliphatic carbocycles. The van der Waals surface area contributed by atoms with Crippen molar-refractivity contribution in [3.63, 3.8) is 0 Å². The number of aromatic carboxylic acids is 1. The number of aromatic nitrogens is 2. The number of carbonyl (C=O) groups excluding carboxylic acids is 1. The summed E-state index contributed by atoms with van der Waals surface area (Å²) in [7, 11) is 8.05. The number of amides is 1. The Morgan fingerprint density at radius 2 is 1.21 bits per heavy atom. The summed E-state index contributed by atoms with van der Waals surface area (Å²) in [5.74, 6) is -1.35. The van der Waals surface area contributed by atoms with Crippen molar-refractivity contribution in [3.05, 3.63) is 135 Å². The molecule has 0 spiro atoms. The fourth-order valence-electron chi connectivity index (χ4n) is 4.40. The van der Waals surface area contributed by atoms with Gasteiger partial charge >= 0.3 is 5.97 Å². The number of carbonyl (C=O) groups is 2. The number of rotatable bonds is 13. The summed E-state index contributed by atoms with van der Waals surface area (Å²) in [6, 6.07) is 14.0. The van der Waals surface area contributed by atoms with E-state index in [0.29, 0.717) is 32.2 Å². The smallest absolute Gasteiger partial charge is 0.337 e. The number of nitrogens with one attached hydrogen (secondary N) is 1. The standard InChI is InChI=1S/C18H20Cl3N3O2.C13H9Cl2NO3.C5H14N2/c1-23(2)7-3-6-22-17(25)13-9-16(21)18(26)24(11-13)10-12-4-5-14(19)15(20)8-12;14-10-3-1-8(5-11(10)15)6-16-7-9(13(18)19)2-4-12(16)17;1-7(2)5-3-4-6/h4-5,8-9,11H,3,6-7,10H2,1-2H3,(H,22,25);1-5,7H,6H2,(H,18,19);3-6H2,1-2H3.